The van der Waals surface area contributed by atoms with E-state index in [2.05, 4.69) is 15.5 Å². The van der Waals surface area contributed by atoms with E-state index in [4.69, 9.17) is 0 Å². The van der Waals surface area contributed by atoms with E-state index in [1.165, 1.54) is 23.9 Å². The van der Waals surface area contributed by atoms with Crippen LogP contribution in [0.4, 0.5) is 4.39 Å². The minimum Gasteiger partial charge on any atom is -0.313 e. The van der Waals surface area contributed by atoms with Gasteiger partial charge in [0.05, 0.1) is 0 Å². The van der Waals surface area contributed by atoms with Crippen molar-refractivity contribution in [3.05, 3.63) is 40.1 Å². The number of benzene rings is 1. The minimum absolute atomic E-state index is 0.190. The molecule has 0 saturated heterocycles. The maximum atomic E-state index is 13.7. The highest BCUT2D eigenvalue weighted by Gasteiger charge is 2.28. The lowest BCUT2D eigenvalue weighted by Gasteiger charge is -2.07. The molecule has 5 nitrogen and oxygen atoms in total. The van der Waals surface area contributed by atoms with Crippen molar-refractivity contribution in [3.63, 3.8) is 0 Å². The highest BCUT2D eigenvalue weighted by Crippen LogP contribution is 2.37. The SMILES string of the molecule is CCNCc1cc(F)cc(Sc2n[nH]c(=O)n2C2CC2)c1. The summed E-state index contributed by atoms with van der Waals surface area (Å²) in [7, 11) is 0. The van der Waals surface area contributed by atoms with Crippen molar-refractivity contribution in [1.82, 2.24) is 20.1 Å². The summed E-state index contributed by atoms with van der Waals surface area (Å²) in [4.78, 5) is 12.5. The molecule has 0 bridgehead atoms. The summed E-state index contributed by atoms with van der Waals surface area (Å²) in [5, 5.41) is 10.3. The molecule has 3 rings (SSSR count). The minimum atomic E-state index is -0.274. The van der Waals surface area contributed by atoms with Crippen LogP contribution < -0.4 is 11.0 Å². The Bertz CT molecular complexity index is 693. The number of aromatic amines is 1. The van der Waals surface area contributed by atoms with E-state index in [1.54, 1.807) is 4.57 Å². The predicted molar refractivity (Wildman–Crippen MR) is 79.0 cm³/mol. The Kier molecular flexibility index (Phi) is 4.12. The lowest BCUT2D eigenvalue weighted by molar-refractivity contribution is 0.617. The van der Waals surface area contributed by atoms with Gasteiger partial charge in [-0.25, -0.2) is 14.3 Å². The van der Waals surface area contributed by atoms with Gasteiger partial charge in [0.1, 0.15) is 5.82 Å². The van der Waals surface area contributed by atoms with Crippen molar-refractivity contribution in [3.8, 4) is 0 Å². The Morgan fingerprint density at radius 3 is 3.00 bits per heavy atom. The smallest absolute Gasteiger partial charge is 0.313 e. The number of H-pyrrole nitrogens is 1. The molecule has 2 N–H and O–H groups in total. The Balaban J connectivity index is 1.84. The van der Waals surface area contributed by atoms with Crippen molar-refractivity contribution in [1.29, 1.82) is 0 Å². The van der Waals surface area contributed by atoms with Crippen LogP contribution in [0.15, 0.2) is 33.0 Å². The quantitative estimate of drug-likeness (QED) is 0.859. The monoisotopic (exact) mass is 308 g/mol. The Hall–Kier alpha value is -1.60. The van der Waals surface area contributed by atoms with Gasteiger partial charge < -0.3 is 5.32 Å². The van der Waals surface area contributed by atoms with Crippen LogP contribution in [0.2, 0.25) is 0 Å². The summed E-state index contributed by atoms with van der Waals surface area (Å²) < 4.78 is 15.4. The molecule has 1 aliphatic rings. The molecule has 1 saturated carbocycles. The van der Waals surface area contributed by atoms with Gasteiger partial charge in [0.15, 0.2) is 5.16 Å². The summed E-state index contributed by atoms with van der Waals surface area (Å²) in [5.41, 5.74) is 0.694. The first-order chi connectivity index (χ1) is 10.2. The summed E-state index contributed by atoms with van der Waals surface area (Å²) >= 11 is 1.32. The molecule has 1 aromatic carbocycles. The Morgan fingerprint density at radius 2 is 2.29 bits per heavy atom. The molecule has 0 radical (unpaired) electrons. The zero-order valence-corrected chi connectivity index (χ0v) is 12.5. The average molecular weight is 308 g/mol. The second kappa shape index (κ2) is 6.03. The topological polar surface area (TPSA) is 62.7 Å². The Labute approximate surface area is 125 Å². The number of nitrogens with zero attached hydrogens (tertiary/aromatic N) is 2. The van der Waals surface area contributed by atoms with Crippen molar-refractivity contribution in [2.75, 3.05) is 6.54 Å². The number of aromatic nitrogens is 3. The van der Waals surface area contributed by atoms with Gasteiger partial charge >= 0.3 is 5.69 Å². The van der Waals surface area contributed by atoms with Crippen molar-refractivity contribution >= 4 is 11.8 Å². The molecule has 112 valence electrons. The molecule has 0 amide bonds. The van der Waals surface area contributed by atoms with Gasteiger partial charge in [-0.3, -0.25) is 4.57 Å². The first-order valence-electron chi connectivity index (χ1n) is 7.02. The third-order valence-corrected chi connectivity index (χ3v) is 4.25. The zero-order valence-electron chi connectivity index (χ0n) is 11.7. The third-order valence-electron chi connectivity index (χ3n) is 3.30. The summed E-state index contributed by atoms with van der Waals surface area (Å²) in [6.07, 6.45) is 2.00. The average Bonchev–Trinajstić information content (AvgIpc) is 3.21. The molecule has 7 heteroatoms. The fourth-order valence-electron chi connectivity index (χ4n) is 2.17. The van der Waals surface area contributed by atoms with E-state index in [0.717, 1.165) is 29.8 Å². The van der Waals surface area contributed by atoms with Gasteiger partial charge in [-0.05, 0) is 54.9 Å². The molecular formula is C14H17FN4OS. The van der Waals surface area contributed by atoms with E-state index in [0.29, 0.717) is 11.7 Å². The number of halogens is 1. The molecule has 21 heavy (non-hydrogen) atoms. The van der Waals surface area contributed by atoms with Crippen LogP contribution in [0, 0.1) is 5.82 Å². The van der Waals surface area contributed by atoms with Gasteiger partial charge in [-0.1, -0.05) is 6.92 Å². The van der Waals surface area contributed by atoms with Crippen LogP contribution in [0.25, 0.3) is 0 Å². The maximum absolute atomic E-state index is 13.7. The molecule has 1 aliphatic carbocycles. The second-order valence-electron chi connectivity index (χ2n) is 5.09. The normalized spacial score (nSPS) is 14.6. The number of rotatable bonds is 6. The van der Waals surface area contributed by atoms with Crippen LogP contribution in [0.3, 0.4) is 0 Å². The fourth-order valence-corrected chi connectivity index (χ4v) is 3.19. The number of hydrogen-bond donors (Lipinski definition) is 2. The van der Waals surface area contributed by atoms with Gasteiger partial charge in [-0.15, -0.1) is 5.10 Å². The summed E-state index contributed by atoms with van der Waals surface area (Å²) in [6, 6.07) is 5.16. The van der Waals surface area contributed by atoms with Crippen LogP contribution >= 0.6 is 11.8 Å². The second-order valence-corrected chi connectivity index (χ2v) is 6.13. The van der Waals surface area contributed by atoms with Crippen LogP contribution in [-0.2, 0) is 6.54 Å². The lowest BCUT2D eigenvalue weighted by Crippen LogP contribution is -2.16. The zero-order chi connectivity index (χ0) is 14.8. The fraction of sp³-hybridized carbons (Fsp3) is 0.429. The maximum Gasteiger partial charge on any atom is 0.344 e. The third kappa shape index (κ3) is 3.36. The molecule has 2 aromatic rings. The first-order valence-corrected chi connectivity index (χ1v) is 7.84. The molecule has 1 heterocycles. The van der Waals surface area contributed by atoms with E-state index >= 15 is 0 Å². The van der Waals surface area contributed by atoms with Crippen molar-refractivity contribution in [2.24, 2.45) is 0 Å². The predicted octanol–water partition coefficient (Wildman–Crippen LogP) is 2.31. The van der Waals surface area contributed by atoms with Gasteiger partial charge in [0, 0.05) is 17.5 Å². The molecule has 0 aliphatic heterocycles. The number of hydrogen-bond acceptors (Lipinski definition) is 4. The number of nitrogens with one attached hydrogen (secondary N) is 2. The largest absolute Gasteiger partial charge is 0.344 e. The van der Waals surface area contributed by atoms with Crippen molar-refractivity contribution < 1.29 is 4.39 Å². The standard InChI is InChI=1S/C14H17FN4OS/c1-2-16-8-9-5-10(15)7-12(6-9)21-14-18-17-13(20)19(14)11-3-4-11/h5-7,11,16H,2-4,8H2,1H3,(H,17,20). The summed E-state index contributed by atoms with van der Waals surface area (Å²) in [5.74, 6) is -0.274. The summed E-state index contributed by atoms with van der Waals surface area (Å²) in [6.45, 7) is 3.46. The Morgan fingerprint density at radius 1 is 1.48 bits per heavy atom. The van der Waals surface area contributed by atoms with Gasteiger partial charge in [-0.2, -0.15) is 0 Å². The van der Waals surface area contributed by atoms with Gasteiger partial charge in [0.25, 0.3) is 0 Å². The first kappa shape index (κ1) is 14.3. The highest BCUT2D eigenvalue weighted by molar-refractivity contribution is 7.99. The highest BCUT2D eigenvalue weighted by atomic mass is 32.2. The molecule has 0 atom stereocenters. The van der Waals surface area contributed by atoms with E-state index in [-0.39, 0.29) is 17.5 Å². The lowest BCUT2D eigenvalue weighted by atomic mass is 10.2. The molecule has 1 aromatic heterocycles. The molecule has 0 unspecified atom stereocenters. The van der Waals surface area contributed by atoms with Crippen molar-refractivity contribution in [2.45, 2.75) is 42.4 Å². The van der Waals surface area contributed by atoms with E-state index < -0.39 is 0 Å². The molecule has 1 fully saturated rings. The molecule has 0 spiro atoms. The van der Waals surface area contributed by atoms with Crippen LogP contribution in [0.1, 0.15) is 31.4 Å². The van der Waals surface area contributed by atoms with E-state index in [1.807, 2.05) is 13.0 Å². The molecular weight excluding hydrogens is 291 g/mol. The van der Waals surface area contributed by atoms with Gasteiger partial charge in [0.2, 0.25) is 0 Å². The van der Waals surface area contributed by atoms with Crippen LogP contribution in [-0.4, -0.2) is 21.3 Å². The van der Waals surface area contributed by atoms with Crippen LogP contribution in [0.5, 0.6) is 0 Å². The van der Waals surface area contributed by atoms with E-state index in [9.17, 15) is 9.18 Å².